The highest BCUT2D eigenvalue weighted by atomic mass is 15.3. The Labute approximate surface area is 127 Å². The molecule has 114 valence electrons. The van der Waals surface area contributed by atoms with E-state index in [0.717, 1.165) is 42.9 Å². The number of rotatable bonds is 3. The highest BCUT2D eigenvalue weighted by Gasteiger charge is 2.23. The molecule has 0 saturated carbocycles. The van der Waals surface area contributed by atoms with E-state index in [1.54, 1.807) is 23.7 Å². The molecule has 4 rings (SSSR count). The fourth-order valence-corrected chi connectivity index (χ4v) is 3.20. The molecule has 0 radical (unpaired) electrons. The predicted molar refractivity (Wildman–Crippen MR) is 81.3 cm³/mol. The highest BCUT2D eigenvalue weighted by molar-refractivity contribution is 5.86. The van der Waals surface area contributed by atoms with Gasteiger partial charge in [-0.3, -0.25) is 9.36 Å². The van der Waals surface area contributed by atoms with Crippen LogP contribution in [0.1, 0.15) is 12.8 Å². The van der Waals surface area contributed by atoms with Crippen molar-refractivity contribution in [3.05, 3.63) is 25.2 Å². The van der Waals surface area contributed by atoms with E-state index in [4.69, 9.17) is 0 Å². The number of aryl methyl sites for hydroxylation is 1. The van der Waals surface area contributed by atoms with Crippen LogP contribution in [0.2, 0.25) is 0 Å². The zero-order chi connectivity index (χ0) is 14.9. The highest BCUT2D eigenvalue weighted by Crippen LogP contribution is 2.27. The molecule has 1 aliphatic rings. The van der Waals surface area contributed by atoms with Crippen molar-refractivity contribution in [2.24, 2.45) is 13.0 Å². The Morgan fingerprint density at radius 1 is 1.23 bits per heavy atom. The lowest BCUT2D eigenvalue weighted by atomic mass is 9.98. The number of piperidine rings is 1. The Balaban J connectivity index is 1.58. The molecule has 3 aromatic rings. The van der Waals surface area contributed by atoms with Gasteiger partial charge in [0.25, 0.3) is 0 Å². The number of hydrogen-bond donors (Lipinski definition) is 0. The summed E-state index contributed by atoms with van der Waals surface area (Å²) < 4.78 is 3.70. The van der Waals surface area contributed by atoms with Gasteiger partial charge >= 0.3 is 0 Å². The van der Waals surface area contributed by atoms with Crippen molar-refractivity contribution in [1.82, 2.24) is 34.5 Å². The standard InChI is InChI=1S/C14H18N8/c1-20-13-12(5-18-20)14(17-9-16-13)21-4-2-3-11(6-21)7-22-10-15-8-19-22/h5,8-11H,2-4,6-7H2,1H3. The molecule has 0 aliphatic carbocycles. The maximum atomic E-state index is 4.50. The molecule has 1 fully saturated rings. The number of fused-ring (bicyclic) bond motifs is 1. The van der Waals surface area contributed by atoms with Crippen LogP contribution in [0.3, 0.4) is 0 Å². The molecule has 22 heavy (non-hydrogen) atoms. The van der Waals surface area contributed by atoms with Crippen molar-refractivity contribution in [1.29, 1.82) is 0 Å². The fourth-order valence-electron chi connectivity index (χ4n) is 3.20. The Kier molecular flexibility index (Phi) is 3.21. The van der Waals surface area contributed by atoms with E-state index in [-0.39, 0.29) is 0 Å². The molecule has 4 heterocycles. The SMILES string of the molecule is Cn1ncc2c(N3CCCC(Cn4cncn4)C3)ncnc21. The molecule has 1 atom stereocenters. The van der Waals surface area contributed by atoms with Gasteiger partial charge in [0.05, 0.1) is 11.6 Å². The first kappa shape index (κ1) is 13.2. The Morgan fingerprint density at radius 3 is 3.05 bits per heavy atom. The van der Waals surface area contributed by atoms with E-state index in [1.807, 2.05) is 17.9 Å². The summed E-state index contributed by atoms with van der Waals surface area (Å²) in [5.74, 6) is 1.54. The lowest BCUT2D eigenvalue weighted by Gasteiger charge is -2.33. The lowest BCUT2D eigenvalue weighted by Crippen LogP contribution is -2.37. The third-order valence-corrected chi connectivity index (χ3v) is 4.24. The number of aromatic nitrogens is 7. The van der Waals surface area contributed by atoms with E-state index in [1.165, 1.54) is 6.42 Å². The zero-order valence-corrected chi connectivity index (χ0v) is 12.5. The van der Waals surface area contributed by atoms with Crippen molar-refractivity contribution < 1.29 is 0 Å². The van der Waals surface area contributed by atoms with Gasteiger partial charge in [0.2, 0.25) is 0 Å². The quantitative estimate of drug-likeness (QED) is 0.714. The van der Waals surface area contributed by atoms with Crippen molar-refractivity contribution in [2.45, 2.75) is 19.4 Å². The summed E-state index contributed by atoms with van der Waals surface area (Å²) in [7, 11) is 1.91. The van der Waals surface area contributed by atoms with Gasteiger partial charge in [-0.25, -0.2) is 15.0 Å². The minimum Gasteiger partial charge on any atom is -0.356 e. The molecular weight excluding hydrogens is 280 g/mol. The Hall–Kier alpha value is -2.51. The second-order valence-corrected chi connectivity index (χ2v) is 5.77. The lowest BCUT2D eigenvalue weighted by molar-refractivity contribution is 0.350. The second kappa shape index (κ2) is 5.36. The molecule has 0 spiro atoms. The summed E-state index contributed by atoms with van der Waals surface area (Å²) in [6.07, 6.45) is 9.21. The first-order valence-electron chi connectivity index (χ1n) is 7.51. The first-order chi connectivity index (χ1) is 10.8. The predicted octanol–water partition coefficient (Wildman–Crippen LogP) is 0.871. The van der Waals surface area contributed by atoms with Crippen LogP contribution in [-0.4, -0.2) is 47.6 Å². The number of anilines is 1. The van der Waals surface area contributed by atoms with Crippen LogP contribution in [0.4, 0.5) is 5.82 Å². The van der Waals surface area contributed by atoms with E-state index >= 15 is 0 Å². The molecule has 3 aromatic heterocycles. The van der Waals surface area contributed by atoms with Crippen molar-refractivity contribution in [3.63, 3.8) is 0 Å². The van der Waals surface area contributed by atoms with Gasteiger partial charge in [-0.15, -0.1) is 0 Å². The molecule has 8 heteroatoms. The molecule has 0 aromatic carbocycles. The maximum Gasteiger partial charge on any atom is 0.163 e. The van der Waals surface area contributed by atoms with Crippen molar-refractivity contribution >= 4 is 16.9 Å². The molecule has 1 saturated heterocycles. The molecule has 8 nitrogen and oxygen atoms in total. The van der Waals surface area contributed by atoms with Crippen LogP contribution in [-0.2, 0) is 13.6 Å². The Bertz CT molecular complexity index is 762. The minimum atomic E-state index is 0.553. The van der Waals surface area contributed by atoms with Gasteiger partial charge in [0.1, 0.15) is 24.8 Å². The first-order valence-corrected chi connectivity index (χ1v) is 7.51. The normalized spacial score (nSPS) is 19.0. The van der Waals surface area contributed by atoms with E-state index in [9.17, 15) is 0 Å². The summed E-state index contributed by atoms with van der Waals surface area (Å²) >= 11 is 0. The molecule has 1 unspecified atom stereocenters. The molecule has 0 bridgehead atoms. The summed E-state index contributed by atoms with van der Waals surface area (Å²) in [6.45, 7) is 2.90. The summed E-state index contributed by atoms with van der Waals surface area (Å²) in [6, 6.07) is 0. The van der Waals surface area contributed by atoms with Crippen LogP contribution < -0.4 is 4.90 Å². The van der Waals surface area contributed by atoms with Gasteiger partial charge in [0.15, 0.2) is 5.65 Å². The fraction of sp³-hybridized carbons (Fsp3) is 0.500. The van der Waals surface area contributed by atoms with E-state index in [0.29, 0.717) is 5.92 Å². The van der Waals surface area contributed by atoms with Crippen molar-refractivity contribution in [2.75, 3.05) is 18.0 Å². The van der Waals surface area contributed by atoms with Crippen LogP contribution in [0.5, 0.6) is 0 Å². The molecule has 0 N–H and O–H groups in total. The maximum absolute atomic E-state index is 4.50. The van der Waals surface area contributed by atoms with E-state index < -0.39 is 0 Å². The zero-order valence-electron chi connectivity index (χ0n) is 12.5. The number of hydrogen-bond acceptors (Lipinski definition) is 6. The molecule has 1 aliphatic heterocycles. The van der Waals surface area contributed by atoms with Gasteiger partial charge in [-0.2, -0.15) is 10.2 Å². The number of nitrogens with zero attached hydrogens (tertiary/aromatic N) is 8. The average molecular weight is 298 g/mol. The van der Waals surface area contributed by atoms with E-state index in [2.05, 4.69) is 30.0 Å². The third kappa shape index (κ3) is 2.30. The minimum absolute atomic E-state index is 0.553. The monoisotopic (exact) mass is 298 g/mol. The van der Waals surface area contributed by atoms with Gasteiger partial charge < -0.3 is 4.90 Å². The van der Waals surface area contributed by atoms with Crippen LogP contribution in [0.15, 0.2) is 25.2 Å². The topological polar surface area (TPSA) is 77.5 Å². The molecular formula is C14H18N8. The summed E-state index contributed by atoms with van der Waals surface area (Å²) in [5.41, 5.74) is 0.878. The van der Waals surface area contributed by atoms with Crippen molar-refractivity contribution in [3.8, 4) is 0 Å². The third-order valence-electron chi connectivity index (χ3n) is 4.24. The molecule has 0 amide bonds. The Morgan fingerprint density at radius 2 is 2.18 bits per heavy atom. The second-order valence-electron chi connectivity index (χ2n) is 5.77. The van der Waals surface area contributed by atoms with Crippen LogP contribution in [0.25, 0.3) is 11.0 Å². The largest absolute Gasteiger partial charge is 0.356 e. The van der Waals surface area contributed by atoms with Crippen LogP contribution in [0, 0.1) is 5.92 Å². The van der Waals surface area contributed by atoms with Gasteiger partial charge in [-0.1, -0.05) is 0 Å². The summed E-state index contributed by atoms with van der Waals surface area (Å²) in [4.78, 5) is 15.2. The summed E-state index contributed by atoms with van der Waals surface area (Å²) in [5, 5.41) is 9.53. The van der Waals surface area contributed by atoms with Gasteiger partial charge in [0, 0.05) is 26.7 Å². The average Bonchev–Trinajstić information content (AvgIpc) is 3.18. The van der Waals surface area contributed by atoms with Crippen LogP contribution >= 0.6 is 0 Å². The van der Waals surface area contributed by atoms with Gasteiger partial charge in [-0.05, 0) is 18.8 Å². The smallest absolute Gasteiger partial charge is 0.163 e.